The molecule has 0 aromatic heterocycles. The summed E-state index contributed by atoms with van der Waals surface area (Å²) in [5.74, 6) is 0.924. The molecule has 1 aromatic carbocycles. The van der Waals surface area contributed by atoms with Crippen LogP contribution in [0.25, 0.3) is 0 Å². The lowest BCUT2D eigenvalue weighted by Gasteiger charge is -2.36. The first-order chi connectivity index (χ1) is 9.40. The summed E-state index contributed by atoms with van der Waals surface area (Å²) in [6.07, 6.45) is 0.748. The fourth-order valence-corrected chi connectivity index (χ4v) is 3.29. The van der Waals surface area contributed by atoms with Gasteiger partial charge in [-0.15, -0.1) is 0 Å². The van der Waals surface area contributed by atoms with Gasteiger partial charge in [0.1, 0.15) is 11.8 Å². The minimum absolute atomic E-state index is 0.0696. The molecular weight excluding hydrogens is 252 g/mol. The molecule has 0 radical (unpaired) electrons. The molecule has 0 saturated carbocycles. The zero-order valence-electron chi connectivity index (χ0n) is 12.6. The number of anilines is 1. The molecule has 0 bridgehead atoms. The highest BCUT2D eigenvalue weighted by Crippen LogP contribution is 2.38. The van der Waals surface area contributed by atoms with Crippen molar-refractivity contribution in [2.75, 3.05) is 18.6 Å². The quantitative estimate of drug-likeness (QED) is 0.920. The van der Waals surface area contributed by atoms with E-state index in [1.807, 2.05) is 19.1 Å². The van der Waals surface area contributed by atoms with E-state index in [2.05, 4.69) is 24.8 Å². The van der Waals surface area contributed by atoms with Crippen molar-refractivity contribution in [3.63, 3.8) is 0 Å². The molecule has 1 fully saturated rings. The number of rotatable bonds is 3. The number of nitrogens with zero attached hydrogens (tertiary/aromatic N) is 2. The van der Waals surface area contributed by atoms with Gasteiger partial charge in [-0.1, -0.05) is 13.8 Å². The van der Waals surface area contributed by atoms with Gasteiger partial charge in [0.15, 0.2) is 0 Å². The molecule has 1 aliphatic rings. The van der Waals surface area contributed by atoms with E-state index in [0.717, 1.165) is 18.7 Å². The molecule has 1 N–H and O–H groups in total. The SMILES string of the molecule is COc1cc(N2CC[C@](C)(O)[C@@H]2C(C)C)ccc1C#N. The van der Waals surface area contributed by atoms with Gasteiger partial charge in [-0.05, 0) is 31.4 Å². The van der Waals surface area contributed by atoms with Crippen molar-refractivity contribution in [3.8, 4) is 11.8 Å². The van der Waals surface area contributed by atoms with Crippen LogP contribution in [-0.2, 0) is 0 Å². The average molecular weight is 274 g/mol. The summed E-state index contributed by atoms with van der Waals surface area (Å²) in [6.45, 7) is 6.96. The maximum atomic E-state index is 10.6. The van der Waals surface area contributed by atoms with Crippen LogP contribution in [0.1, 0.15) is 32.8 Å². The second-order valence-corrected chi connectivity index (χ2v) is 5.99. The Bertz CT molecular complexity index is 532. The van der Waals surface area contributed by atoms with Gasteiger partial charge in [0.2, 0.25) is 0 Å². The molecule has 0 unspecified atom stereocenters. The zero-order valence-corrected chi connectivity index (χ0v) is 12.6. The van der Waals surface area contributed by atoms with Crippen LogP contribution in [0.15, 0.2) is 18.2 Å². The highest BCUT2D eigenvalue weighted by Gasteiger charge is 2.44. The van der Waals surface area contributed by atoms with E-state index in [4.69, 9.17) is 10.00 Å². The Morgan fingerprint density at radius 3 is 2.75 bits per heavy atom. The van der Waals surface area contributed by atoms with Gasteiger partial charge in [-0.2, -0.15) is 5.26 Å². The zero-order chi connectivity index (χ0) is 14.9. The Labute approximate surface area is 120 Å². The maximum Gasteiger partial charge on any atom is 0.138 e. The lowest BCUT2D eigenvalue weighted by atomic mass is 9.88. The second kappa shape index (κ2) is 5.34. The minimum atomic E-state index is -0.685. The molecule has 1 saturated heterocycles. The summed E-state index contributed by atoms with van der Waals surface area (Å²) >= 11 is 0. The van der Waals surface area contributed by atoms with E-state index in [1.54, 1.807) is 13.2 Å². The second-order valence-electron chi connectivity index (χ2n) is 5.99. The Kier molecular flexibility index (Phi) is 3.92. The van der Waals surface area contributed by atoms with Crippen LogP contribution < -0.4 is 9.64 Å². The van der Waals surface area contributed by atoms with Crippen LogP contribution >= 0.6 is 0 Å². The molecule has 2 atom stereocenters. The molecule has 2 rings (SSSR count). The van der Waals surface area contributed by atoms with Gasteiger partial charge in [0.05, 0.1) is 24.3 Å². The lowest BCUT2D eigenvalue weighted by molar-refractivity contribution is 0.0371. The highest BCUT2D eigenvalue weighted by molar-refractivity contribution is 5.58. The Morgan fingerprint density at radius 2 is 2.20 bits per heavy atom. The molecule has 1 heterocycles. The van der Waals surface area contributed by atoms with E-state index < -0.39 is 5.60 Å². The number of hydrogen-bond donors (Lipinski definition) is 1. The third kappa shape index (κ3) is 2.46. The third-order valence-corrected chi connectivity index (χ3v) is 4.10. The Hall–Kier alpha value is -1.73. The molecular formula is C16H22N2O2. The number of nitriles is 1. The normalized spacial score (nSPS) is 25.9. The maximum absolute atomic E-state index is 10.6. The van der Waals surface area contributed by atoms with Crippen LogP contribution in [0.4, 0.5) is 5.69 Å². The van der Waals surface area contributed by atoms with Gasteiger partial charge < -0.3 is 14.7 Å². The van der Waals surface area contributed by atoms with E-state index in [9.17, 15) is 5.11 Å². The molecule has 1 aliphatic heterocycles. The van der Waals surface area contributed by atoms with Gasteiger partial charge in [0.25, 0.3) is 0 Å². The summed E-state index contributed by atoms with van der Waals surface area (Å²) in [6, 6.07) is 7.78. The van der Waals surface area contributed by atoms with Crippen LogP contribution in [0, 0.1) is 17.2 Å². The van der Waals surface area contributed by atoms with Crippen molar-refractivity contribution in [3.05, 3.63) is 23.8 Å². The minimum Gasteiger partial charge on any atom is -0.495 e. The van der Waals surface area contributed by atoms with Crippen molar-refractivity contribution in [2.45, 2.75) is 38.8 Å². The number of methoxy groups -OCH3 is 1. The number of hydrogen-bond acceptors (Lipinski definition) is 4. The fourth-order valence-electron chi connectivity index (χ4n) is 3.29. The fraction of sp³-hybridized carbons (Fsp3) is 0.562. The first-order valence-electron chi connectivity index (χ1n) is 6.98. The molecule has 108 valence electrons. The smallest absolute Gasteiger partial charge is 0.138 e. The molecule has 4 heteroatoms. The molecule has 0 spiro atoms. The summed E-state index contributed by atoms with van der Waals surface area (Å²) in [5, 5.41) is 19.6. The van der Waals surface area contributed by atoms with Crippen LogP contribution in [0.3, 0.4) is 0 Å². The Morgan fingerprint density at radius 1 is 1.50 bits per heavy atom. The molecule has 20 heavy (non-hydrogen) atoms. The van der Waals surface area contributed by atoms with Crippen LogP contribution in [0.5, 0.6) is 5.75 Å². The van der Waals surface area contributed by atoms with Crippen LogP contribution in [0.2, 0.25) is 0 Å². The van der Waals surface area contributed by atoms with Gasteiger partial charge in [-0.25, -0.2) is 0 Å². The van der Waals surface area contributed by atoms with Crippen molar-refractivity contribution < 1.29 is 9.84 Å². The topological polar surface area (TPSA) is 56.5 Å². The van der Waals surface area contributed by atoms with Crippen LogP contribution in [-0.4, -0.2) is 30.4 Å². The number of ether oxygens (including phenoxy) is 1. The summed E-state index contributed by atoms with van der Waals surface area (Å²) < 4.78 is 5.27. The predicted molar refractivity (Wildman–Crippen MR) is 78.9 cm³/mol. The van der Waals surface area contributed by atoms with Gasteiger partial charge >= 0.3 is 0 Å². The largest absolute Gasteiger partial charge is 0.495 e. The Balaban J connectivity index is 2.39. The van der Waals surface area contributed by atoms with Crippen molar-refractivity contribution in [1.29, 1.82) is 5.26 Å². The standard InChI is InChI=1S/C16H22N2O2/c1-11(2)15-16(3,19)7-8-18(15)13-6-5-12(10-17)14(9-13)20-4/h5-6,9,11,15,19H,7-8H2,1-4H3/t15-,16-/m0/s1. The van der Waals surface area contributed by atoms with Crippen molar-refractivity contribution in [1.82, 2.24) is 0 Å². The van der Waals surface area contributed by atoms with E-state index in [0.29, 0.717) is 17.2 Å². The lowest BCUT2D eigenvalue weighted by Crippen LogP contribution is -2.46. The number of benzene rings is 1. The van der Waals surface area contributed by atoms with Crippen molar-refractivity contribution >= 4 is 5.69 Å². The summed E-state index contributed by atoms with van der Waals surface area (Å²) in [7, 11) is 1.57. The first kappa shape index (κ1) is 14.7. The van der Waals surface area contributed by atoms with E-state index in [1.165, 1.54) is 0 Å². The van der Waals surface area contributed by atoms with E-state index in [-0.39, 0.29) is 6.04 Å². The first-order valence-corrected chi connectivity index (χ1v) is 6.98. The monoisotopic (exact) mass is 274 g/mol. The average Bonchev–Trinajstić information content (AvgIpc) is 2.73. The number of aliphatic hydroxyl groups is 1. The molecule has 0 amide bonds. The third-order valence-electron chi connectivity index (χ3n) is 4.10. The summed E-state index contributed by atoms with van der Waals surface area (Å²) in [4.78, 5) is 2.22. The predicted octanol–water partition coefficient (Wildman–Crippen LogP) is 2.55. The summed E-state index contributed by atoms with van der Waals surface area (Å²) in [5.41, 5.74) is 0.843. The molecule has 1 aromatic rings. The molecule has 4 nitrogen and oxygen atoms in total. The molecule has 0 aliphatic carbocycles. The van der Waals surface area contributed by atoms with Gasteiger partial charge in [-0.3, -0.25) is 0 Å². The van der Waals surface area contributed by atoms with E-state index >= 15 is 0 Å². The van der Waals surface area contributed by atoms with Gasteiger partial charge in [0, 0.05) is 18.3 Å². The van der Waals surface area contributed by atoms with Crippen molar-refractivity contribution in [2.24, 2.45) is 5.92 Å². The highest BCUT2D eigenvalue weighted by atomic mass is 16.5.